The van der Waals surface area contributed by atoms with Crippen LogP contribution >= 0.6 is 23.2 Å². The number of aromatic nitrogens is 1. The van der Waals surface area contributed by atoms with Gasteiger partial charge in [0, 0.05) is 21.7 Å². The lowest BCUT2D eigenvalue weighted by Crippen LogP contribution is -2.06. The molecule has 1 aromatic heterocycles. The number of halogens is 2. The number of carbonyl (C=O) groups excluding carboxylic acids is 1. The summed E-state index contributed by atoms with van der Waals surface area (Å²) in [4.78, 5) is 16.8. The van der Waals surface area contributed by atoms with Gasteiger partial charge in [0.25, 0.3) is 0 Å². The van der Waals surface area contributed by atoms with Crippen molar-refractivity contribution in [3.05, 3.63) is 100 Å². The number of hydrogen-bond donors (Lipinski definition) is 0. The van der Waals surface area contributed by atoms with Gasteiger partial charge in [-0.05, 0) is 48.0 Å². The van der Waals surface area contributed by atoms with Gasteiger partial charge in [-0.2, -0.15) is 0 Å². The van der Waals surface area contributed by atoms with Crippen LogP contribution in [0, 0.1) is 0 Å². The van der Waals surface area contributed by atoms with Crippen LogP contribution in [-0.2, 0) is 11.3 Å². The van der Waals surface area contributed by atoms with E-state index in [1.807, 2.05) is 54.6 Å². The third kappa shape index (κ3) is 5.16. The van der Waals surface area contributed by atoms with Gasteiger partial charge in [-0.15, -0.1) is 0 Å². The summed E-state index contributed by atoms with van der Waals surface area (Å²) in [5.41, 5.74) is 3.98. The lowest BCUT2D eigenvalue weighted by atomic mass is 9.98. The number of ether oxygens (including phenoxy) is 3. The molecule has 0 saturated carbocycles. The summed E-state index contributed by atoms with van der Waals surface area (Å²) >= 11 is 12.9. The third-order valence-electron chi connectivity index (χ3n) is 5.21. The van der Waals surface area contributed by atoms with E-state index in [-0.39, 0.29) is 5.69 Å². The van der Waals surface area contributed by atoms with Gasteiger partial charge in [0.15, 0.2) is 0 Å². The van der Waals surface area contributed by atoms with Crippen LogP contribution in [0.4, 0.5) is 0 Å². The number of hydrogen-bond acceptors (Lipinski definition) is 5. The molecule has 34 heavy (non-hydrogen) atoms. The highest BCUT2D eigenvalue weighted by molar-refractivity contribution is 6.33. The van der Waals surface area contributed by atoms with Crippen molar-refractivity contribution in [1.29, 1.82) is 0 Å². The van der Waals surface area contributed by atoms with E-state index in [1.54, 1.807) is 31.4 Å². The maximum Gasteiger partial charge on any atom is 0.356 e. The zero-order valence-corrected chi connectivity index (χ0v) is 20.1. The predicted octanol–water partition coefficient (Wildman–Crippen LogP) is 7.10. The molecule has 4 aromatic rings. The Morgan fingerprint density at radius 1 is 0.853 bits per heavy atom. The molecule has 4 rings (SSSR count). The standard InChI is InChI=1S/C27H21Cl2NO4/c1-32-19-10-7-17(8-11-19)16-34-25-15-18(9-13-23(25)29)26-21(20-5-3-4-6-22(20)28)12-14-24(30-26)27(31)33-2/h3-15H,16H2,1-2H3. The van der Waals surface area contributed by atoms with Crippen LogP contribution in [0.25, 0.3) is 22.4 Å². The Morgan fingerprint density at radius 2 is 1.62 bits per heavy atom. The summed E-state index contributed by atoms with van der Waals surface area (Å²) < 4.78 is 16.1. The normalized spacial score (nSPS) is 10.6. The van der Waals surface area contributed by atoms with Gasteiger partial charge < -0.3 is 14.2 Å². The first kappa shape index (κ1) is 23.6. The van der Waals surface area contributed by atoms with Crippen LogP contribution in [0.15, 0.2) is 78.9 Å². The second-order valence-electron chi connectivity index (χ2n) is 7.35. The minimum Gasteiger partial charge on any atom is -0.497 e. The van der Waals surface area contributed by atoms with E-state index >= 15 is 0 Å². The zero-order chi connectivity index (χ0) is 24.1. The van der Waals surface area contributed by atoms with Gasteiger partial charge >= 0.3 is 5.97 Å². The van der Waals surface area contributed by atoms with Crippen LogP contribution in [0.3, 0.4) is 0 Å². The van der Waals surface area contributed by atoms with Crippen molar-refractivity contribution in [2.45, 2.75) is 6.61 Å². The number of carbonyl (C=O) groups is 1. The van der Waals surface area contributed by atoms with E-state index in [0.717, 1.165) is 28.0 Å². The highest BCUT2D eigenvalue weighted by Crippen LogP contribution is 2.38. The van der Waals surface area contributed by atoms with Gasteiger partial charge in [0.2, 0.25) is 0 Å². The molecule has 0 N–H and O–H groups in total. The molecular formula is C27H21Cl2NO4. The zero-order valence-electron chi connectivity index (χ0n) is 18.5. The summed E-state index contributed by atoms with van der Waals surface area (Å²) in [7, 11) is 2.94. The molecule has 7 heteroatoms. The predicted molar refractivity (Wildman–Crippen MR) is 134 cm³/mol. The molecule has 0 aliphatic rings. The van der Waals surface area contributed by atoms with Crippen LogP contribution in [0.2, 0.25) is 10.0 Å². The number of rotatable bonds is 7. The van der Waals surface area contributed by atoms with E-state index in [1.165, 1.54) is 7.11 Å². The molecule has 0 fully saturated rings. The molecule has 0 aliphatic heterocycles. The van der Waals surface area contributed by atoms with Crippen LogP contribution in [-0.4, -0.2) is 25.2 Å². The Labute approximate surface area is 207 Å². The van der Waals surface area contributed by atoms with Gasteiger partial charge in [0.1, 0.15) is 23.8 Å². The maximum absolute atomic E-state index is 12.2. The molecule has 0 spiro atoms. The van der Waals surface area contributed by atoms with E-state index in [9.17, 15) is 4.79 Å². The Kier molecular flexibility index (Phi) is 7.36. The summed E-state index contributed by atoms with van der Waals surface area (Å²) in [5, 5.41) is 1.03. The number of pyridine rings is 1. The van der Waals surface area contributed by atoms with Gasteiger partial charge in [0.05, 0.1) is 24.9 Å². The lowest BCUT2D eigenvalue weighted by molar-refractivity contribution is 0.0594. The quantitative estimate of drug-likeness (QED) is 0.257. The fourth-order valence-electron chi connectivity index (χ4n) is 3.44. The fourth-order valence-corrected chi connectivity index (χ4v) is 3.85. The van der Waals surface area contributed by atoms with Gasteiger partial charge in [-0.3, -0.25) is 0 Å². The average Bonchev–Trinajstić information content (AvgIpc) is 2.88. The molecule has 172 valence electrons. The minimum atomic E-state index is -0.531. The van der Waals surface area contributed by atoms with Crippen molar-refractivity contribution in [3.8, 4) is 33.9 Å². The van der Waals surface area contributed by atoms with Crippen molar-refractivity contribution < 1.29 is 19.0 Å². The van der Waals surface area contributed by atoms with Gasteiger partial charge in [-0.25, -0.2) is 9.78 Å². The summed E-state index contributed by atoms with van der Waals surface area (Å²) in [6, 6.07) is 23.8. The first-order chi connectivity index (χ1) is 16.5. The summed E-state index contributed by atoms with van der Waals surface area (Å²) in [6.45, 7) is 0.320. The third-order valence-corrected chi connectivity index (χ3v) is 5.85. The lowest BCUT2D eigenvalue weighted by Gasteiger charge is -2.14. The molecule has 0 bridgehead atoms. The molecule has 0 radical (unpaired) electrons. The Balaban J connectivity index is 1.73. The highest BCUT2D eigenvalue weighted by Gasteiger charge is 2.17. The van der Waals surface area contributed by atoms with E-state index in [2.05, 4.69) is 4.98 Å². The van der Waals surface area contributed by atoms with E-state index in [4.69, 9.17) is 37.4 Å². The smallest absolute Gasteiger partial charge is 0.356 e. The molecule has 3 aromatic carbocycles. The molecule has 0 atom stereocenters. The van der Waals surface area contributed by atoms with Crippen LogP contribution < -0.4 is 9.47 Å². The summed E-state index contributed by atoms with van der Waals surface area (Å²) in [6.07, 6.45) is 0. The second-order valence-corrected chi connectivity index (χ2v) is 8.16. The number of esters is 1. The molecule has 0 unspecified atom stereocenters. The monoisotopic (exact) mass is 493 g/mol. The topological polar surface area (TPSA) is 57.7 Å². The second kappa shape index (κ2) is 10.6. The largest absolute Gasteiger partial charge is 0.497 e. The van der Waals surface area contributed by atoms with Crippen molar-refractivity contribution >= 4 is 29.2 Å². The fraction of sp³-hybridized carbons (Fsp3) is 0.111. The Hall–Kier alpha value is -3.54. The van der Waals surface area contributed by atoms with Crippen molar-refractivity contribution in [1.82, 2.24) is 4.98 Å². The highest BCUT2D eigenvalue weighted by atomic mass is 35.5. The molecule has 5 nitrogen and oxygen atoms in total. The van der Waals surface area contributed by atoms with Crippen molar-refractivity contribution in [2.75, 3.05) is 14.2 Å². The van der Waals surface area contributed by atoms with Crippen molar-refractivity contribution in [2.24, 2.45) is 0 Å². The minimum absolute atomic E-state index is 0.184. The molecule has 0 amide bonds. The Morgan fingerprint density at radius 3 is 2.32 bits per heavy atom. The van der Waals surface area contributed by atoms with Crippen LogP contribution in [0.1, 0.15) is 16.1 Å². The van der Waals surface area contributed by atoms with Crippen LogP contribution in [0.5, 0.6) is 11.5 Å². The first-order valence-electron chi connectivity index (χ1n) is 10.4. The van der Waals surface area contributed by atoms with E-state index < -0.39 is 5.97 Å². The van der Waals surface area contributed by atoms with E-state index in [0.29, 0.717) is 28.1 Å². The molecule has 1 heterocycles. The first-order valence-corrected chi connectivity index (χ1v) is 11.2. The number of methoxy groups -OCH3 is 2. The number of benzene rings is 3. The maximum atomic E-state index is 12.2. The summed E-state index contributed by atoms with van der Waals surface area (Å²) in [5.74, 6) is 0.731. The number of nitrogens with zero attached hydrogens (tertiary/aromatic N) is 1. The SMILES string of the molecule is COC(=O)c1ccc(-c2ccccc2Cl)c(-c2ccc(Cl)c(OCc3ccc(OC)cc3)c2)n1. The Bertz CT molecular complexity index is 1320. The molecule has 0 saturated heterocycles. The van der Waals surface area contributed by atoms with Gasteiger partial charge in [-0.1, -0.05) is 59.6 Å². The average molecular weight is 494 g/mol. The molecular weight excluding hydrogens is 473 g/mol. The van der Waals surface area contributed by atoms with Crippen molar-refractivity contribution in [3.63, 3.8) is 0 Å². The molecule has 0 aliphatic carbocycles.